The average molecular weight is 370 g/mol. The summed E-state index contributed by atoms with van der Waals surface area (Å²) in [7, 11) is 0. The molecule has 7 nitrogen and oxygen atoms in total. The van der Waals surface area contributed by atoms with E-state index in [9.17, 15) is 9.59 Å². The lowest BCUT2D eigenvalue weighted by Gasteiger charge is -2.32. The number of aromatic nitrogens is 1. The van der Waals surface area contributed by atoms with Crippen molar-refractivity contribution in [1.82, 2.24) is 10.3 Å². The minimum Gasteiger partial charge on any atom is -0.486 e. The van der Waals surface area contributed by atoms with Crippen molar-refractivity contribution in [2.24, 2.45) is 0 Å². The summed E-state index contributed by atoms with van der Waals surface area (Å²) in [6, 6.07) is 7.82. The van der Waals surface area contributed by atoms with Gasteiger partial charge in [-0.1, -0.05) is 0 Å². The van der Waals surface area contributed by atoms with E-state index in [0.29, 0.717) is 30.9 Å². The lowest BCUT2D eigenvalue weighted by molar-refractivity contribution is -0.0135. The monoisotopic (exact) mass is 370 g/mol. The molecular formula is C20H22N2O5. The number of hydrogen-bond acceptors (Lipinski definition) is 5. The van der Waals surface area contributed by atoms with E-state index in [4.69, 9.17) is 14.6 Å². The van der Waals surface area contributed by atoms with Crippen LogP contribution in [-0.2, 0) is 4.74 Å². The lowest BCUT2D eigenvalue weighted by Crippen LogP contribution is -2.51. The zero-order valence-corrected chi connectivity index (χ0v) is 15.3. The van der Waals surface area contributed by atoms with Crippen LogP contribution in [0, 0.1) is 13.8 Å². The van der Waals surface area contributed by atoms with Gasteiger partial charge in [-0.3, -0.25) is 9.78 Å². The maximum absolute atomic E-state index is 12.6. The molecule has 2 heterocycles. The number of ether oxygens (including phenoxy) is 2. The van der Waals surface area contributed by atoms with Crippen LogP contribution in [0.3, 0.4) is 0 Å². The summed E-state index contributed by atoms with van der Waals surface area (Å²) in [6.07, 6.45) is 1.85. The molecule has 2 N–H and O–H groups in total. The van der Waals surface area contributed by atoms with Gasteiger partial charge in [-0.15, -0.1) is 0 Å². The van der Waals surface area contributed by atoms with Crippen LogP contribution in [-0.4, -0.2) is 47.3 Å². The Labute approximate surface area is 157 Å². The molecule has 1 aromatic carbocycles. The quantitative estimate of drug-likeness (QED) is 0.839. The Morgan fingerprint density at radius 1 is 1.26 bits per heavy atom. The molecule has 0 radical (unpaired) electrons. The summed E-state index contributed by atoms with van der Waals surface area (Å²) in [6.45, 7) is 4.64. The number of aromatic carboxylic acids is 1. The second-order valence-corrected chi connectivity index (χ2v) is 6.57. The normalized spacial score (nSPS) is 19.3. The van der Waals surface area contributed by atoms with E-state index in [2.05, 4.69) is 10.3 Å². The summed E-state index contributed by atoms with van der Waals surface area (Å²) in [5, 5.41) is 12.0. The van der Waals surface area contributed by atoms with Crippen molar-refractivity contribution in [2.45, 2.75) is 32.4 Å². The van der Waals surface area contributed by atoms with E-state index in [1.807, 2.05) is 19.9 Å². The van der Waals surface area contributed by atoms with E-state index in [1.54, 1.807) is 18.3 Å². The topological polar surface area (TPSA) is 97.8 Å². The van der Waals surface area contributed by atoms with Crippen LogP contribution in [0.15, 0.2) is 36.5 Å². The SMILES string of the molecule is Cc1cc(C)c(C(=O)N[C@@H]2CCOC[C@H]2Oc2ccc(C(=O)O)cc2)cn1. The zero-order chi connectivity index (χ0) is 19.4. The Bertz CT molecular complexity index is 835. The third kappa shape index (κ3) is 4.62. The first kappa shape index (κ1) is 18.8. The Morgan fingerprint density at radius 3 is 2.67 bits per heavy atom. The van der Waals surface area contributed by atoms with Gasteiger partial charge in [0.05, 0.1) is 23.8 Å². The van der Waals surface area contributed by atoms with Crippen LogP contribution < -0.4 is 10.1 Å². The molecule has 0 unspecified atom stereocenters. The van der Waals surface area contributed by atoms with E-state index >= 15 is 0 Å². The molecule has 7 heteroatoms. The van der Waals surface area contributed by atoms with Crippen LogP contribution in [0.25, 0.3) is 0 Å². The second-order valence-electron chi connectivity index (χ2n) is 6.57. The van der Waals surface area contributed by atoms with E-state index < -0.39 is 5.97 Å². The van der Waals surface area contributed by atoms with E-state index in [0.717, 1.165) is 11.3 Å². The summed E-state index contributed by atoms with van der Waals surface area (Å²) >= 11 is 0. The molecule has 0 saturated carbocycles. The molecule has 0 spiro atoms. The van der Waals surface area contributed by atoms with Crippen molar-refractivity contribution < 1.29 is 24.2 Å². The average Bonchev–Trinajstić information content (AvgIpc) is 2.63. The van der Waals surface area contributed by atoms with Gasteiger partial charge < -0.3 is 19.9 Å². The molecule has 1 amide bonds. The van der Waals surface area contributed by atoms with Gasteiger partial charge in [-0.05, 0) is 56.2 Å². The molecule has 1 saturated heterocycles. The number of benzene rings is 1. The number of rotatable bonds is 5. The van der Waals surface area contributed by atoms with Crippen LogP contribution in [0.5, 0.6) is 5.75 Å². The first-order chi connectivity index (χ1) is 12.9. The number of carbonyl (C=O) groups excluding carboxylic acids is 1. The molecule has 0 bridgehead atoms. The highest BCUT2D eigenvalue weighted by Crippen LogP contribution is 2.19. The van der Waals surface area contributed by atoms with Gasteiger partial charge in [-0.2, -0.15) is 0 Å². The Kier molecular flexibility index (Phi) is 5.71. The summed E-state index contributed by atoms with van der Waals surface area (Å²) in [5.41, 5.74) is 2.46. The molecule has 1 aliphatic heterocycles. The predicted octanol–water partition coefficient (Wildman–Crippen LogP) is 2.36. The highest BCUT2D eigenvalue weighted by Gasteiger charge is 2.29. The molecule has 142 valence electrons. The van der Waals surface area contributed by atoms with Gasteiger partial charge in [-0.25, -0.2) is 4.79 Å². The van der Waals surface area contributed by atoms with Gasteiger partial charge in [0.2, 0.25) is 0 Å². The number of carboxylic acids is 1. The first-order valence-corrected chi connectivity index (χ1v) is 8.76. The van der Waals surface area contributed by atoms with Crippen molar-refractivity contribution >= 4 is 11.9 Å². The minimum atomic E-state index is -0.991. The van der Waals surface area contributed by atoms with Gasteiger partial charge in [0, 0.05) is 18.5 Å². The summed E-state index contributed by atoms with van der Waals surface area (Å²) in [4.78, 5) is 27.8. The fourth-order valence-electron chi connectivity index (χ4n) is 3.02. The number of aryl methyl sites for hydroxylation is 2. The number of nitrogens with zero attached hydrogens (tertiary/aromatic N) is 1. The van der Waals surface area contributed by atoms with Crippen molar-refractivity contribution in [3.63, 3.8) is 0 Å². The predicted molar refractivity (Wildman–Crippen MR) is 98.2 cm³/mol. The van der Waals surface area contributed by atoms with E-state index in [1.165, 1.54) is 12.1 Å². The fourth-order valence-corrected chi connectivity index (χ4v) is 3.02. The third-order valence-corrected chi connectivity index (χ3v) is 4.50. The Balaban J connectivity index is 1.69. The maximum atomic E-state index is 12.6. The number of carbonyl (C=O) groups is 2. The second kappa shape index (κ2) is 8.18. The van der Waals surface area contributed by atoms with Crippen molar-refractivity contribution in [3.8, 4) is 5.75 Å². The Hall–Kier alpha value is -2.93. The van der Waals surface area contributed by atoms with Gasteiger partial charge in [0.15, 0.2) is 0 Å². The van der Waals surface area contributed by atoms with Crippen LogP contribution in [0.1, 0.15) is 38.4 Å². The largest absolute Gasteiger partial charge is 0.486 e. The van der Waals surface area contributed by atoms with Crippen molar-refractivity contribution in [1.29, 1.82) is 0 Å². The number of hydrogen-bond donors (Lipinski definition) is 2. The third-order valence-electron chi connectivity index (χ3n) is 4.50. The number of amides is 1. The van der Waals surface area contributed by atoms with Gasteiger partial charge in [0.1, 0.15) is 11.9 Å². The molecule has 2 aromatic rings. The van der Waals surface area contributed by atoms with Crippen molar-refractivity contribution in [2.75, 3.05) is 13.2 Å². The first-order valence-electron chi connectivity index (χ1n) is 8.76. The Morgan fingerprint density at radius 2 is 2.00 bits per heavy atom. The standard InChI is InChI=1S/C20H22N2O5/c1-12-9-13(2)21-10-16(12)19(23)22-17-7-8-26-11-18(17)27-15-5-3-14(4-6-15)20(24)25/h3-6,9-10,17-18H,7-8,11H2,1-2H3,(H,22,23)(H,24,25)/t17-,18-/m1/s1. The molecule has 2 atom stereocenters. The smallest absolute Gasteiger partial charge is 0.335 e. The molecule has 1 fully saturated rings. The van der Waals surface area contributed by atoms with Crippen LogP contribution in [0.2, 0.25) is 0 Å². The fraction of sp³-hybridized carbons (Fsp3) is 0.350. The highest BCUT2D eigenvalue weighted by atomic mass is 16.5. The van der Waals surface area contributed by atoms with Gasteiger partial charge in [0.25, 0.3) is 5.91 Å². The molecule has 1 aliphatic rings. The minimum absolute atomic E-state index is 0.189. The van der Waals surface area contributed by atoms with Gasteiger partial charge >= 0.3 is 5.97 Å². The number of nitrogens with one attached hydrogen (secondary N) is 1. The molecule has 1 aromatic heterocycles. The maximum Gasteiger partial charge on any atom is 0.335 e. The number of carboxylic acid groups (broad SMARTS) is 1. The summed E-state index contributed by atoms with van der Waals surface area (Å²) in [5.74, 6) is -0.653. The molecule has 27 heavy (non-hydrogen) atoms. The molecular weight excluding hydrogens is 348 g/mol. The summed E-state index contributed by atoms with van der Waals surface area (Å²) < 4.78 is 11.4. The lowest BCUT2D eigenvalue weighted by atomic mass is 10.0. The molecule has 0 aliphatic carbocycles. The van der Waals surface area contributed by atoms with Crippen LogP contribution in [0.4, 0.5) is 0 Å². The van der Waals surface area contributed by atoms with Crippen molar-refractivity contribution in [3.05, 3.63) is 58.9 Å². The highest BCUT2D eigenvalue weighted by molar-refractivity contribution is 5.95. The van der Waals surface area contributed by atoms with Crippen LogP contribution >= 0.6 is 0 Å². The molecule has 3 rings (SSSR count). The van der Waals surface area contributed by atoms with E-state index in [-0.39, 0.29) is 23.6 Å². The number of pyridine rings is 1. The zero-order valence-electron chi connectivity index (χ0n) is 15.3.